The second-order valence-electron chi connectivity index (χ2n) is 6.20. The summed E-state index contributed by atoms with van der Waals surface area (Å²) in [4.78, 5) is 12.9. The SMILES string of the molecule is CC(C)Nc1nc(Nc2cccc(OC(F)(F)F)c2)cc(-c2ccncc2)n1. The maximum absolute atomic E-state index is 12.4. The molecule has 0 saturated heterocycles. The zero-order valence-corrected chi connectivity index (χ0v) is 15.2. The van der Waals surface area contributed by atoms with Gasteiger partial charge in [0.15, 0.2) is 0 Å². The molecule has 2 N–H and O–H groups in total. The molecular weight excluding hydrogens is 371 g/mol. The minimum Gasteiger partial charge on any atom is -0.406 e. The third-order valence-corrected chi connectivity index (χ3v) is 3.46. The number of aromatic nitrogens is 3. The van der Waals surface area contributed by atoms with Gasteiger partial charge in [-0.1, -0.05) is 6.07 Å². The molecule has 1 aromatic carbocycles. The summed E-state index contributed by atoms with van der Waals surface area (Å²) in [5, 5.41) is 6.13. The molecule has 3 aromatic rings. The summed E-state index contributed by atoms with van der Waals surface area (Å²) in [5.74, 6) is 0.505. The normalized spacial score (nSPS) is 11.4. The molecule has 6 nitrogen and oxygen atoms in total. The number of alkyl halides is 3. The van der Waals surface area contributed by atoms with Crippen LogP contribution >= 0.6 is 0 Å². The average molecular weight is 389 g/mol. The molecule has 2 heterocycles. The number of hydrogen-bond acceptors (Lipinski definition) is 6. The fourth-order valence-corrected chi connectivity index (χ4v) is 2.42. The predicted octanol–water partition coefficient (Wildman–Crippen LogP) is 5.00. The van der Waals surface area contributed by atoms with E-state index in [4.69, 9.17) is 0 Å². The topological polar surface area (TPSA) is 72.0 Å². The van der Waals surface area contributed by atoms with Gasteiger partial charge in [-0.25, -0.2) is 4.98 Å². The smallest absolute Gasteiger partial charge is 0.406 e. The van der Waals surface area contributed by atoms with Crippen molar-refractivity contribution >= 4 is 17.5 Å². The van der Waals surface area contributed by atoms with Crippen molar-refractivity contribution < 1.29 is 17.9 Å². The minimum atomic E-state index is -4.75. The largest absolute Gasteiger partial charge is 0.573 e. The highest BCUT2D eigenvalue weighted by Crippen LogP contribution is 2.28. The van der Waals surface area contributed by atoms with Crippen LogP contribution in [0.3, 0.4) is 0 Å². The van der Waals surface area contributed by atoms with E-state index in [1.54, 1.807) is 24.5 Å². The molecule has 0 bridgehead atoms. The van der Waals surface area contributed by atoms with Crippen LogP contribution in [0.1, 0.15) is 13.8 Å². The quantitative estimate of drug-likeness (QED) is 0.618. The molecule has 0 radical (unpaired) electrons. The van der Waals surface area contributed by atoms with Crippen LogP contribution in [0.15, 0.2) is 54.9 Å². The first-order valence-electron chi connectivity index (χ1n) is 8.47. The number of hydrogen-bond donors (Lipinski definition) is 2. The molecule has 2 aromatic heterocycles. The van der Waals surface area contributed by atoms with Crippen LogP contribution in [0.4, 0.5) is 30.6 Å². The molecule has 0 spiro atoms. The van der Waals surface area contributed by atoms with Crippen molar-refractivity contribution in [1.29, 1.82) is 0 Å². The molecule has 28 heavy (non-hydrogen) atoms. The van der Waals surface area contributed by atoms with Crippen molar-refractivity contribution in [2.75, 3.05) is 10.6 Å². The van der Waals surface area contributed by atoms with E-state index in [9.17, 15) is 13.2 Å². The number of nitrogens with zero attached hydrogens (tertiary/aromatic N) is 3. The van der Waals surface area contributed by atoms with Gasteiger partial charge in [0.1, 0.15) is 11.6 Å². The Morgan fingerprint density at radius 1 is 1.00 bits per heavy atom. The zero-order valence-electron chi connectivity index (χ0n) is 15.2. The van der Waals surface area contributed by atoms with E-state index in [-0.39, 0.29) is 11.8 Å². The van der Waals surface area contributed by atoms with Crippen LogP contribution in [0.2, 0.25) is 0 Å². The van der Waals surface area contributed by atoms with Crippen molar-refractivity contribution in [2.24, 2.45) is 0 Å². The van der Waals surface area contributed by atoms with E-state index in [1.165, 1.54) is 18.2 Å². The first-order chi connectivity index (χ1) is 13.3. The lowest BCUT2D eigenvalue weighted by atomic mass is 10.2. The first kappa shape index (κ1) is 19.4. The molecule has 0 aliphatic rings. The third-order valence-electron chi connectivity index (χ3n) is 3.46. The second kappa shape index (κ2) is 8.12. The van der Waals surface area contributed by atoms with E-state index < -0.39 is 6.36 Å². The fourth-order valence-electron chi connectivity index (χ4n) is 2.42. The van der Waals surface area contributed by atoms with Crippen molar-refractivity contribution in [3.8, 4) is 17.0 Å². The third kappa shape index (κ3) is 5.57. The standard InChI is InChI=1S/C19H18F3N5O/c1-12(2)24-18-26-16(13-6-8-23-9-7-13)11-17(27-18)25-14-4-3-5-15(10-14)28-19(20,21)22/h3-12H,1-2H3,(H2,24,25,26,27). The molecule has 0 unspecified atom stereocenters. The van der Waals surface area contributed by atoms with Crippen molar-refractivity contribution in [1.82, 2.24) is 15.0 Å². The van der Waals surface area contributed by atoms with Crippen LogP contribution in [0.25, 0.3) is 11.3 Å². The van der Waals surface area contributed by atoms with Crippen LogP contribution in [-0.4, -0.2) is 27.4 Å². The Hall–Kier alpha value is -3.36. The van der Waals surface area contributed by atoms with E-state index in [2.05, 4.69) is 30.3 Å². The number of nitrogens with one attached hydrogen (secondary N) is 2. The van der Waals surface area contributed by atoms with Gasteiger partial charge < -0.3 is 15.4 Å². The Bertz CT molecular complexity index is 932. The Morgan fingerprint density at radius 3 is 2.43 bits per heavy atom. The van der Waals surface area contributed by atoms with Gasteiger partial charge in [0, 0.05) is 41.8 Å². The molecular formula is C19H18F3N5O. The maximum Gasteiger partial charge on any atom is 0.573 e. The van der Waals surface area contributed by atoms with Crippen molar-refractivity contribution in [3.05, 3.63) is 54.9 Å². The Kier molecular flexibility index (Phi) is 5.62. The number of ether oxygens (including phenoxy) is 1. The van der Waals surface area contributed by atoms with Crippen molar-refractivity contribution in [2.45, 2.75) is 26.3 Å². The zero-order chi connectivity index (χ0) is 20.1. The van der Waals surface area contributed by atoms with Crippen LogP contribution < -0.4 is 15.4 Å². The molecule has 3 rings (SSSR count). The highest BCUT2D eigenvalue weighted by atomic mass is 19.4. The number of rotatable bonds is 6. The van der Waals surface area contributed by atoms with Gasteiger partial charge in [-0.15, -0.1) is 13.2 Å². The molecule has 146 valence electrons. The summed E-state index contributed by atoms with van der Waals surface area (Å²) in [6.45, 7) is 3.90. The van der Waals surface area contributed by atoms with Gasteiger partial charge in [-0.3, -0.25) is 4.98 Å². The van der Waals surface area contributed by atoms with Crippen molar-refractivity contribution in [3.63, 3.8) is 0 Å². The molecule has 0 saturated carbocycles. The monoisotopic (exact) mass is 389 g/mol. The Morgan fingerprint density at radius 2 is 1.75 bits per heavy atom. The lowest BCUT2D eigenvalue weighted by molar-refractivity contribution is -0.274. The van der Waals surface area contributed by atoms with E-state index in [0.717, 1.165) is 5.56 Å². The van der Waals surface area contributed by atoms with Gasteiger partial charge in [0.25, 0.3) is 0 Å². The average Bonchev–Trinajstić information content (AvgIpc) is 2.60. The molecule has 0 atom stereocenters. The summed E-state index contributed by atoms with van der Waals surface area (Å²) in [6, 6.07) is 11.0. The molecule has 0 aliphatic heterocycles. The molecule has 0 fully saturated rings. The lowest BCUT2D eigenvalue weighted by Gasteiger charge is -2.14. The van der Waals surface area contributed by atoms with E-state index >= 15 is 0 Å². The lowest BCUT2D eigenvalue weighted by Crippen LogP contribution is -2.17. The highest BCUT2D eigenvalue weighted by Gasteiger charge is 2.31. The van der Waals surface area contributed by atoms with E-state index in [0.29, 0.717) is 23.1 Å². The number of benzene rings is 1. The summed E-state index contributed by atoms with van der Waals surface area (Å²) in [7, 11) is 0. The van der Waals surface area contributed by atoms with Gasteiger partial charge in [-0.2, -0.15) is 4.98 Å². The number of halogens is 3. The van der Waals surface area contributed by atoms with E-state index in [1.807, 2.05) is 26.0 Å². The summed E-state index contributed by atoms with van der Waals surface area (Å²) in [6.07, 6.45) is -1.45. The van der Waals surface area contributed by atoms with Gasteiger partial charge in [0.05, 0.1) is 5.69 Å². The molecule has 9 heteroatoms. The first-order valence-corrected chi connectivity index (χ1v) is 8.47. The van der Waals surface area contributed by atoms with Gasteiger partial charge in [-0.05, 0) is 38.1 Å². The maximum atomic E-state index is 12.4. The Balaban J connectivity index is 1.92. The second-order valence-corrected chi connectivity index (χ2v) is 6.20. The van der Waals surface area contributed by atoms with Gasteiger partial charge in [0.2, 0.25) is 5.95 Å². The predicted molar refractivity (Wildman–Crippen MR) is 100 cm³/mol. The summed E-state index contributed by atoms with van der Waals surface area (Å²) in [5.41, 5.74) is 1.88. The number of pyridine rings is 1. The van der Waals surface area contributed by atoms with Crippen LogP contribution in [-0.2, 0) is 0 Å². The summed E-state index contributed by atoms with van der Waals surface area (Å²) >= 11 is 0. The van der Waals surface area contributed by atoms with Crippen LogP contribution in [0.5, 0.6) is 5.75 Å². The highest BCUT2D eigenvalue weighted by molar-refractivity contribution is 5.67. The fraction of sp³-hybridized carbons (Fsp3) is 0.211. The summed E-state index contributed by atoms with van der Waals surface area (Å²) < 4.78 is 41.3. The number of anilines is 3. The molecule has 0 aliphatic carbocycles. The Labute approximate surface area is 159 Å². The minimum absolute atomic E-state index is 0.101. The van der Waals surface area contributed by atoms with Gasteiger partial charge >= 0.3 is 6.36 Å². The van der Waals surface area contributed by atoms with Crippen LogP contribution in [0, 0.1) is 0 Å². The molecule has 0 amide bonds.